The first kappa shape index (κ1) is 15.0. The number of ether oxygens (including phenoxy) is 1. The second-order valence-corrected chi connectivity index (χ2v) is 6.77. The van der Waals surface area contributed by atoms with Crippen molar-refractivity contribution in [3.05, 3.63) is 46.4 Å². The highest BCUT2D eigenvalue weighted by molar-refractivity contribution is 9.10. The fraction of sp³-hybridized carbons (Fsp3) is 0.312. The van der Waals surface area contributed by atoms with Crippen LogP contribution in [0.25, 0.3) is 10.8 Å². The number of halogens is 1. The molecule has 2 aromatic carbocycles. The number of benzene rings is 2. The van der Waals surface area contributed by atoms with Crippen LogP contribution in [0.4, 0.5) is 0 Å². The summed E-state index contributed by atoms with van der Waals surface area (Å²) in [5, 5.41) is 2.14. The van der Waals surface area contributed by atoms with Gasteiger partial charge in [-0.3, -0.25) is 0 Å². The van der Waals surface area contributed by atoms with Crippen molar-refractivity contribution < 1.29 is 14.0 Å². The zero-order valence-electron chi connectivity index (χ0n) is 12.0. The second kappa shape index (κ2) is 5.94. The molecule has 106 valence electrons. The molecule has 2 aromatic rings. The first-order valence-electron chi connectivity index (χ1n) is 6.52. The average molecular weight is 337 g/mol. The predicted octanol–water partition coefficient (Wildman–Crippen LogP) is 3.47. The first-order valence-corrected chi connectivity index (χ1v) is 7.31. The Labute approximate surface area is 127 Å². The molecular formula is C16H19BrNO2+. The van der Waals surface area contributed by atoms with Gasteiger partial charge in [0, 0.05) is 4.47 Å². The fourth-order valence-electron chi connectivity index (χ4n) is 1.84. The van der Waals surface area contributed by atoms with Crippen LogP contribution in [-0.4, -0.2) is 44.7 Å². The van der Waals surface area contributed by atoms with E-state index >= 15 is 0 Å². The molecule has 0 saturated heterocycles. The van der Waals surface area contributed by atoms with E-state index in [1.165, 1.54) is 0 Å². The summed E-state index contributed by atoms with van der Waals surface area (Å²) in [4.78, 5) is 12.0. The molecule has 0 bridgehead atoms. The summed E-state index contributed by atoms with van der Waals surface area (Å²) in [5.41, 5.74) is 0.598. The zero-order valence-corrected chi connectivity index (χ0v) is 13.6. The van der Waals surface area contributed by atoms with E-state index in [0.717, 1.165) is 26.3 Å². The molecule has 3 nitrogen and oxygen atoms in total. The Kier molecular flexibility index (Phi) is 4.45. The lowest BCUT2D eigenvalue weighted by atomic mass is 10.1. The Morgan fingerprint density at radius 1 is 1.10 bits per heavy atom. The van der Waals surface area contributed by atoms with Crippen LogP contribution in [0.5, 0.6) is 0 Å². The van der Waals surface area contributed by atoms with Crippen molar-refractivity contribution in [2.75, 3.05) is 34.3 Å². The summed E-state index contributed by atoms with van der Waals surface area (Å²) in [7, 11) is 6.21. The minimum atomic E-state index is -0.261. The molecule has 0 N–H and O–H groups in total. The summed E-state index contributed by atoms with van der Waals surface area (Å²) >= 11 is 3.44. The van der Waals surface area contributed by atoms with Crippen LogP contribution in [0.2, 0.25) is 0 Å². The topological polar surface area (TPSA) is 26.3 Å². The van der Waals surface area contributed by atoms with Crippen LogP contribution in [0, 0.1) is 0 Å². The molecule has 0 atom stereocenters. The Hall–Kier alpha value is -1.39. The van der Waals surface area contributed by atoms with Gasteiger partial charge in [0.15, 0.2) is 0 Å². The van der Waals surface area contributed by atoms with E-state index in [-0.39, 0.29) is 5.97 Å². The first-order chi connectivity index (χ1) is 9.35. The third-order valence-corrected chi connectivity index (χ3v) is 3.53. The lowest BCUT2D eigenvalue weighted by Crippen LogP contribution is -2.38. The van der Waals surface area contributed by atoms with E-state index in [2.05, 4.69) is 37.1 Å². The largest absolute Gasteiger partial charge is 0.456 e. The van der Waals surface area contributed by atoms with Crippen LogP contribution in [0.15, 0.2) is 40.9 Å². The zero-order chi connectivity index (χ0) is 14.8. The average Bonchev–Trinajstić information content (AvgIpc) is 2.36. The van der Waals surface area contributed by atoms with Gasteiger partial charge in [0.1, 0.15) is 13.2 Å². The highest BCUT2D eigenvalue weighted by atomic mass is 79.9. The lowest BCUT2D eigenvalue weighted by Gasteiger charge is -2.23. The molecule has 0 radical (unpaired) electrons. The Bertz CT molecular complexity index is 632. The molecule has 0 aliphatic carbocycles. The predicted molar refractivity (Wildman–Crippen MR) is 84.8 cm³/mol. The van der Waals surface area contributed by atoms with Crippen LogP contribution < -0.4 is 0 Å². The van der Waals surface area contributed by atoms with Gasteiger partial charge in [0.2, 0.25) is 0 Å². The second-order valence-electron chi connectivity index (χ2n) is 5.86. The van der Waals surface area contributed by atoms with Gasteiger partial charge < -0.3 is 9.22 Å². The van der Waals surface area contributed by atoms with Gasteiger partial charge in [-0.15, -0.1) is 0 Å². The number of fused-ring (bicyclic) bond motifs is 1. The van der Waals surface area contributed by atoms with Gasteiger partial charge >= 0.3 is 5.97 Å². The fourth-order valence-corrected chi connectivity index (χ4v) is 2.22. The quantitative estimate of drug-likeness (QED) is 0.631. The minimum absolute atomic E-state index is 0.261. The molecule has 0 spiro atoms. The molecule has 0 saturated carbocycles. The highest BCUT2D eigenvalue weighted by Gasteiger charge is 2.11. The van der Waals surface area contributed by atoms with Gasteiger partial charge in [0.25, 0.3) is 0 Å². The molecule has 0 amide bonds. The number of rotatable bonds is 4. The Morgan fingerprint density at radius 3 is 2.45 bits per heavy atom. The number of hydrogen-bond donors (Lipinski definition) is 0. The van der Waals surface area contributed by atoms with Crippen LogP contribution in [0.1, 0.15) is 10.4 Å². The van der Waals surface area contributed by atoms with Crippen molar-refractivity contribution in [1.29, 1.82) is 0 Å². The van der Waals surface area contributed by atoms with E-state index in [4.69, 9.17) is 4.74 Å². The van der Waals surface area contributed by atoms with Gasteiger partial charge in [-0.1, -0.05) is 28.1 Å². The summed E-state index contributed by atoms with van der Waals surface area (Å²) in [6, 6.07) is 11.6. The Morgan fingerprint density at radius 2 is 1.75 bits per heavy atom. The number of quaternary nitrogens is 1. The molecular weight excluding hydrogens is 318 g/mol. The minimum Gasteiger partial charge on any atom is -0.456 e. The summed E-state index contributed by atoms with van der Waals surface area (Å²) in [6.45, 7) is 1.23. The normalized spacial score (nSPS) is 11.6. The number of esters is 1. The highest BCUT2D eigenvalue weighted by Crippen LogP contribution is 2.21. The number of likely N-dealkylation sites (N-methyl/N-ethyl adjacent to an activating group) is 1. The van der Waals surface area contributed by atoms with E-state index < -0.39 is 0 Å². The maximum Gasteiger partial charge on any atom is 0.338 e. The van der Waals surface area contributed by atoms with Crippen molar-refractivity contribution in [3.8, 4) is 0 Å². The molecule has 0 heterocycles. The van der Waals surface area contributed by atoms with Crippen LogP contribution in [0.3, 0.4) is 0 Å². The molecule has 0 aliphatic heterocycles. The smallest absolute Gasteiger partial charge is 0.338 e. The third-order valence-electron chi connectivity index (χ3n) is 3.03. The van der Waals surface area contributed by atoms with Crippen molar-refractivity contribution in [3.63, 3.8) is 0 Å². The summed E-state index contributed by atoms with van der Waals surface area (Å²) in [5.74, 6) is -0.261. The van der Waals surface area contributed by atoms with Crippen LogP contribution >= 0.6 is 15.9 Å². The van der Waals surface area contributed by atoms with Gasteiger partial charge in [0.05, 0.1) is 26.7 Å². The van der Waals surface area contributed by atoms with Crippen molar-refractivity contribution >= 4 is 32.7 Å². The maximum atomic E-state index is 12.0. The monoisotopic (exact) mass is 336 g/mol. The van der Waals surface area contributed by atoms with Crippen LogP contribution in [-0.2, 0) is 4.74 Å². The molecule has 0 aromatic heterocycles. The van der Waals surface area contributed by atoms with E-state index in [1.54, 1.807) is 0 Å². The standard InChI is InChI=1S/C16H19BrNO2/c1-18(2,3)8-9-20-16(19)14-5-4-13-11-15(17)7-6-12(13)10-14/h4-7,10-11H,8-9H2,1-3H3/q+1. The molecule has 0 aliphatic rings. The van der Waals surface area contributed by atoms with Crippen molar-refractivity contribution in [2.45, 2.75) is 0 Å². The molecule has 0 unspecified atom stereocenters. The van der Waals surface area contributed by atoms with Gasteiger partial charge in [-0.2, -0.15) is 0 Å². The number of carbonyl (C=O) groups is 1. The number of hydrogen-bond acceptors (Lipinski definition) is 2. The van der Waals surface area contributed by atoms with Gasteiger partial charge in [-0.25, -0.2) is 4.79 Å². The van der Waals surface area contributed by atoms with Crippen molar-refractivity contribution in [1.82, 2.24) is 0 Å². The molecule has 20 heavy (non-hydrogen) atoms. The SMILES string of the molecule is C[N+](C)(C)CCOC(=O)c1ccc2cc(Br)ccc2c1. The lowest BCUT2D eigenvalue weighted by molar-refractivity contribution is -0.870. The van der Waals surface area contributed by atoms with E-state index in [9.17, 15) is 4.79 Å². The summed E-state index contributed by atoms with van der Waals surface area (Å²) in [6.07, 6.45) is 0. The number of nitrogens with zero attached hydrogens (tertiary/aromatic N) is 1. The third kappa shape index (κ3) is 4.05. The maximum absolute atomic E-state index is 12.0. The Balaban J connectivity index is 2.09. The van der Waals surface area contributed by atoms with Gasteiger partial charge in [-0.05, 0) is 35.0 Å². The molecule has 0 fully saturated rings. The number of carbonyl (C=O) groups excluding carboxylic acids is 1. The molecule has 4 heteroatoms. The molecule has 2 rings (SSSR count). The van der Waals surface area contributed by atoms with Crippen molar-refractivity contribution in [2.24, 2.45) is 0 Å². The van der Waals surface area contributed by atoms with E-state index in [1.807, 2.05) is 36.4 Å². The summed E-state index contributed by atoms with van der Waals surface area (Å²) < 4.78 is 7.12. The van der Waals surface area contributed by atoms with E-state index in [0.29, 0.717) is 12.2 Å².